The van der Waals surface area contributed by atoms with Crippen LogP contribution in [0, 0.1) is 0 Å². The van der Waals surface area contributed by atoms with Gasteiger partial charge < -0.3 is 22.1 Å². The van der Waals surface area contributed by atoms with E-state index in [0.717, 1.165) is 60.4 Å². The summed E-state index contributed by atoms with van der Waals surface area (Å²) < 4.78 is 0. The minimum Gasteiger partial charge on any atom is -0.397 e. The lowest BCUT2D eigenvalue weighted by Gasteiger charge is -2.37. The first-order valence-electron chi connectivity index (χ1n) is 8.38. The number of hydrogen-bond donors (Lipinski definition) is 3. The van der Waals surface area contributed by atoms with Gasteiger partial charge in [-0.15, -0.1) is 11.3 Å². The Hall–Kier alpha value is -1.86. The van der Waals surface area contributed by atoms with Crippen LogP contribution in [0.25, 0.3) is 10.2 Å². The summed E-state index contributed by atoms with van der Waals surface area (Å²) in [5.41, 5.74) is 19.4. The van der Waals surface area contributed by atoms with Crippen molar-refractivity contribution in [2.75, 3.05) is 23.7 Å². The Kier molecular flexibility index (Phi) is 4.40. The molecular formula is C17H25N5OS. The molecule has 0 spiro atoms. The molecule has 7 heteroatoms. The smallest absolute Gasteiger partial charge is 0.260 e. The molecule has 1 fully saturated rings. The molecule has 24 heavy (non-hydrogen) atoms. The van der Waals surface area contributed by atoms with Crippen molar-refractivity contribution in [3.8, 4) is 0 Å². The maximum atomic E-state index is 11.6. The third kappa shape index (κ3) is 3.06. The number of carbonyl (C=O) groups is 1. The quantitative estimate of drug-likeness (QED) is 0.785. The van der Waals surface area contributed by atoms with E-state index in [-0.39, 0.29) is 5.54 Å². The van der Waals surface area contributed by atoms with Crippen LogP contribution in [0.2, 0.25) is 0 Å². The molecule has 0 atom stereocenters. The van der Waals surface area contributed by atoms with Crippen molar-refractivity contribution in [3.63, 3.8) is 0 Å². The molecule has 2 aromatic rings. The van der Waals surface area contributed by atoms with Crippen molar-refractivity contribution in [2.24, 2.45) is 11.5 Å². The standard InChI is InChI=1S/C17H25N5OS/c1-3-4-10-9-11(22-7-5-17(2,20)6-8-22)21-16-12(10)13(18)14(24-16)15(19)23/h9H,3-8,18,20H2,1-2H3,(H2,19,23). The second-order valence-corrected chi connectivity index (χ2v) is 7.92. The van der Waals surface area contributed by atoms with E-state index in [0.29, 0.717) is 10.6 Å². The van der Waals surface area contributed by atoms with Gasteiger partial charge in [0.25, 0.3) is 5.91 Å². The molecule has 0 saturated carbocycles. The van der Waals surface area contributed by atoms with Crippen LogP contribution in [0.3, 0.4) is 0 Å². The Morgan fingerprint density at radius 2 is 2.08 bits per heavy atom. The van der Waals surface area contributed by atoms with E-state index in [9.17, 15) is 4.79 Å². The highest BCUT2D eigenvalue weighted by Crippen LogP contribution is 2.37. The van der Waals surface area contributed by atoms with Gasteiger partial charge in [0.05, 0.1) is 5.69 Å². The lowest BCUT2D eigenvalue weighted by molar-refractivity contribution is 0.100. The Balaban J connectivity index is 2.05. The zero-order valence-corrected chi connectivity index (χ0v) is 15.1. The molecule has 6 nitrogen and oxygen atoms in total. The number of anilines is 2. The molecular weight excluding hydrogens is 322 g/mol. The number of pyridine rings is 1. The predicted octanol–water partition coefficient (Wildman–Crippen LogP) is 2.25. The number of rotatable bonds is 4. The Morgan fingerprint density at radius 1 is 1.42 bits per heavy atom. The van der Waals surface area contributed by atoms with E-state index in [4.69, 9.17) is 22.2 Å². The van der Waals surface area contributed by atoms with Crippen LogP contribution in [-0.4, -0.2) is 29.5 Å². The number of hydrogen-bond acceptors (Lipinski definition) is 6. The number of nitrogens with two attached hydrogens (primary N) is 3. The minimum absolute atomic E-state index is 0.0979. The minimum atomic E-state index is -0.489. The largest absolute Gasteiger partial charge is 0.397 e. The lowest BCUT2D eigenvalue weighted by atomic mass is 9.91. The molecule has 0 aromatic carbocycles. The van der Waals surface area contributed by atoms with E-state index in [1.165, 1.54) is 11.3 Å². The van der Waals surface area contributed by atoms with Gasteiger partial charge in [-0.1, -0.05) is 13.3 Å². The molecule has 1 saturated heterocycles. The summed E-state index contributed by atoms with van der Waals surface area (Å²) in [7, 11) is 0. The lowest BCUT2D eigenvalue weighted by Crippen LogP contribution is -2.48. The Morgan fingerprint density at radius 3 is 2.67 bits per heavy atom. The molecule has 6 N–H and O–H groups in total. The monoisotopic (exact) mass is 347 g/mol. The second-order valence-electron chi connectivity index (χ2n) is 6.92. The highest BCUT2D eigenvalue weighted by molar-refractivity contribution is 7.21. The number of fused-ring (bicyclic) bond motifs is 1. The summed E-state index contributed by atoms with van der Waals surface area (Å²) in [6, 6.07) is 2.11. The van der Waals surface area contributed by atoms with Crippen LogP contribution in [0.1, 0.15) is 48.3 Å². The zero-order chi connectivity index (χ0) is 17.5. The average molecular weight is 347 g/mol. The Labute approximate surface area is 146 Å². The van der Waals surface area contributed by atoms with Crippen LogP contribution in [-0.2, 0) is 6.42 Å². The van der Waals surface area contributed by atoms with Crippen molar-refractivity contribution >= 4 is 39.0 Å². The third-order valence-electron chi connectivity index (χ3n) is 4.74. The van der Waals surface area contributed by atoms with Gasteiger partial charge in [0, 0.05) is 24.0 Å². The van der Waals surface area contributed by atoms with Crippen LogP contribution in [0.15, 0.2) is 6.07 Å². The normalized spacial score (nSPS) is 17.4. The number of nitrogens with zero attached hydrogens (tertiary/aromatic N) is 2. The summed E-state index contributed by atoms with van der Waals surface area (Å²) >= 11 is 1.29. The number of piperidine rings is 1. The van der Waals surface area contributed by atoms with Crippen LogP contribution in [0.4, 0.5) is 11.5 Å². The van der Waals surface area contributed by atoms with Crippen LogP contribution >= 0.6 is 11.3 Å². The molecule has 3 rings (SSSR count). The van der Waals surface area contributed by atoms with Crippen molar-refractivity contribution in [3.05, 3.63) is 16.5 Å². The fraction of sp³-hybridized carbons (Fsp3) is 0.529. The van der Waals surface area contributed by atoms with Crippen LogP contribution < -0.4 is 22.1 Å². The number of aromatic nitrogens is 1. The van der Waals surface area contributed by atoms with Crippen molar-refractivity contribution in [1.29, 1.82) is 0 Å². The zero-order valence-electron chi connectivity index (χ0n) is 14.3. The topological polar surface area (TPSA) is 111 Å². The number of thiophene rings is 1. The molecule has 1 aliphatic heterocycles. The predicted molar refractivity (Wildman–Crippen MR) is 101 cm³/mol. The van der Waals surface area contributed by atoms with Gasteiger partial charge in [-0.3, -0.25) is 4.79 Å². The summed E-state index contributed by atoms with van der Waals surface area (Å²) in [6.07, 6.45) is 3.78. The maximum Gasteiger partial charge on any atom is 0.260 e. The number of carbonyl (C=O) groups excluding carboxylic acids is 1. The number of aryl methyl sites for hydroxylation is 1. The first-order valence-corrected chi connectivity index (χ1v) is 9.19. The van der Waals surface area contributed by atoms with E-state index in [1.807, 2.05) is 0 Å². The molecule has 0 unspecified atom stereocenters. The van der Waals surface area contributed by atoms with E-state index >= 15 is 0 Å². The van der Waals surface area contributed by atoms with Crippen LogP contribution in [0.5, 0.6) is 0 Å². The fourth-order valence-electron chi connectivity index (χ4n) is 3.24. The van der Waals surface area contributed by atoms with Gasteiger partial charge in [0.2, 0.25) is 0 Å². The van der Waals surface area contributed by atoms with Gasteiger partial charge in [-0.2, -0.15) is 0 Å². The molecule has 130 valence electrons. The molecule has 1 aliphatic rings. The van der Waals surface area contributed by atoms with Crippen molar-refractivity contribution in [1.82, 2.24) is 4.98 Å². The fourth-order valence-corrected chi connectivity index (χ4v) is 4.23. The van der Waals surface area contributed by atoms with Gasteiger partial charge >= 0.3 is 0 Å². The summed E-state index contributed by atoms with van der Waals surface area (Å²) in [5.74, 6) is 0.454. The molecule has 3 heterocycles. The van der Waals surface area contributed by atoms with Gasteiger partial charge in [-0.25, -0.2) is 4.98 Å². The van der Waals surface area contributed by atoms with E-state index < -0.39 is 5.91 Å². The van der Waals surface area contributed by atoms with Gasteiger partial charge in [0.15, 0.2) is 0 Å². The first kappa shape index (κ1) is 17.0. The van der Waals surface area contributed by atoms with E-state index in [1.54, 1.807) is 0 Å². The first-order chi connectivity index (χ1) is 11.3. The molecule has 0 radical (unpaired) electrons. The number of nitrogen functional groups attached to an aromatic ring is 1. The summed E-state index contributed by atoms with van der Waals surface area (Å²) in [4.78, 5) is 19.9. The van der Waals surface area contributed by atoms with Gasteiger partial charge in [-0.05, 0) is 37.8 Å². The molecule has 0 aliphatic carbocycles. The molecule has 0 bridgehead atoms. The molecule has 2 aromatic heterocycles. The third-order valence-corrected chi connectivity index (χ3v) is 5.85. The number of primary amides is 1. The SMILES string of the molecule is CCCc1cc(N2CCC(C)(N)CC2)nc2sc(C(N)=O)c(N)c12. The van der Waals surface area contributed by atoms with Gasteiger partial charge in [0.1, 0.15) is 15.5 Å². The van der Waals surface area contributed by atoms with E-state index in [2.05, 4.69) is 24.8 Å². The summed E-state index contributed by atoms with van der Waals surface area (Å²) in [6.45, 7) is 6.01. The highest BCUT2D eigenvalue weighted by Gasteiger charge is 2.27. The van der Waals surface area contributed by atoms with Crippen molar-refractivity contribution < 1.29 is 4.79 Å². The maximum absolute atomic E-state index is 11.6. The Bertz CT molecular complexity index is 773. The average Bonchev–Trinajstić information content (AvgIpc) is 2.85. The summed E-state index contributed by atoms with van der Waals surface area (Å²) in [5, 5.41) is 0.889. The molecule has 1 amide bonds. The number of amides is 1. The van der Waals surface area contributed by atoms with Crippen molar-refractivity contribution in [2.45, 2.75) is 45.1 Å². The second kappa shape index (κ2) is 6.22. The highest BCUT2D eigenvalue weighted by atomic mass is 32.1.